The van der Waals surface area contributed by atoms with E-state index in [1.165, 1.54) is 11.3 Å². The Hall–Kier alpha value is -1.22. The molecule has 2 rings (SSSR count). The van der Waals surface area contributed by atoms with Crippen molar-refractivity contribution < 1.29 is 12.9 Å². The van der Waals surface area contributed by atoms with Crippen molar-refractivity contribution in [2.24, 2.45) is 5.73 Å². The first kappa shape index (κ1) is 14.2. The van der Waals surface area contributed by atoms with E-state index in [0.717, 1.165) is 0 Å². The van der Waals surface area contributed by atoms with Crippen LogP contribution in [0.1, 0.15) is 21.9 Å². The average molecular weight is 301 g/mol. The van der Waals surface area contributed by atoms with Crippen molar-refractivity contribution in [1.29, 1.82) is 0 Å². The molecule has 104 valence electrons. The molecule has 0 amide bonds. The number of sulfonamides is 1. The Morgan fingerprint density at radius 3 is 2.79 bits per heavy atom. The quantitative estimate of drug-likeness (QED) is 0.867. The molecule has 0 spiro atoms. The Morgan fingerprint density at radius 2 is 2.21 bits per heavy atom. The predicted molar refractivity (Wildman–Crippen MR) is 72.2 cm³/mol. The first-order chi connectivity index (χ1) is 8.94. The van der Waals surface area contributed by atoms with Gasteiger partial charge >= 0.3 is 0 Å². The normalized spacial score (nSPS) is 11.9. The maximum atomic E-state index is 12.3. The summed E-state index contributed by atoms with van der Waals surface area (Å²) in [6.45, 7) is 3.80. The van der Waals surface area contributed by atoms with Crippen molar-refractivity contribution in [1.82, 2.24) is 9.88 Å². The molecule has 0 aliphatic carbocycles. The number of rotatable bonds is 5. The molecule has 0 aromatic carbocycles. The van der Waals surface area contributed by atoms with E-state index >= 15 is 0 Å². The first-order valence-electron chi connectivity index (χ1n) is 5.63. The molecule has 0 unspecified atom stereocenters. The molecular formula is C11H15N3O3S2. The smallest absolute Gasteiger partial charge is 0.242 e. The molecule has 0 saturated carbocycles. The highest BCUT2D eigenvalue weighted by Crippen LogP contribution is 2.26. The van der Waals surface area contributed by atoms with Crippen molar-refractivity contribution in [2.75, 3.05) is 0 Å². The second-order valence-electron chi connectivity index (χ2n) is 4.13. The van der Waals surface area contributed by atoms with Gasteiger partial charge in [-0.3, -0.25) is 0 Å². The first-order valence-corrected chi connectivity index (χ1v) is 7.99. The number of nitrogens with one attached hydrogen (secondary N) is 1. The van der Waals surface area contributed by atoms with Crippen molar-refractivity contribution in [3.63, 3.8) is 0 Å². The van der Waals surface area contributed by atoms with Crippen molar-refractivity contribution in [3.8, 4) is 0 Å². The van der Waals surface area contributed by atoms with Gasteiger partial charge < -0.3 is 10.3 Å². The molecule has 0 saturated heterocycles. The zero-order valence-electron chi connectivity index (χ0n) is 10.6. The molecule has 0 aliphatic rings. The van der Waals surface area contributed by atoms with Gasteiger partial charge in [0.15, 0.2) is 5.76 Å². The van der Waals surface area contributed by atoms with Gasteiger partial charge in [-0.25, -0.2) is 13.1 Å². The Kier molecular flexibility index (Phi) is 4.04. The number of nitrogens with zero attached hydrogens (tertiary/aromatic N) is 1. The minimum absolute atomic E-state index is 0.0719. The highest BCUT2D eigenvalue weighted by atomic mass is 32.2. The Balaban J connectivity index is 2.20. The van der Waals surface area contributed by atoms with Crippen LogP contribution < -0.4 is 10.5 Å². The molecule has 2 heterocycles. The molecule has 2 aromatic heterocycles. The van der Waals surface area contributed by atoms with E-state index in [-0.39, 0.29) is 18.0 Å². The molecule has 0 bridgehead atoms. The summed E-state index contributed by atoms with van der Waals surface area (Å²) in [5.74, 6) is 0.475. The summed E-state index contributed by atoms with van der Waals surface area (Å²) in [7, 11) is -3.59. The average Bonchev–Trinajstić information content (AvgIpc) is 2.93. The summed E-state index contributed by atoms with van der Waals surface area (Å²) in [5, 5.41) is 5.49. The fourth-order valence-corrected chi connectivity index (χ4v) is 4.42. The lowest BCUT2D eigenvalue weighted by Crippen LogP contribution is -2.24. The second kappa shape index (κ2) is 5.41. The van der Waals surface area contributed by atoms with E-state index < -0.39 is 10.0 Å². The van der Waals surface area contributed by atoms with Gasteiger partial charge in [0, 0.05) is 17.5 Å². The predicted octanol–water partition coefficient (Wildman–Crippen LogP) is 1.29. The van der Waals surface area contributed by atoms with Crippen molar-refractivity contribution >= 4 is 21.4 Å². The Labute approximate surface area is 115 Å². The molecule has 0 radical (unpaired) electrons. The molecule has 0 fully saturated rings. The summed E-state index contributed by atoms with van der Waals surface area (Å²) in [5.41, 5.74) is 6.97. The lowest BCUT2D eigenvalue weighted by Gasteiger charge is -2.06. The third kappa shape index (κ3) is 3.03. The summed E-state index contributed by atoms with van der Waals surface area (Å²) < 4.78 is 32.0. The second-order valence-corrected chi connectivity index (χ2v) is 6.80. The van der Waals surface area contributed by atoms with Gasteiger partial charge in [-0.2, -0.15) is 0 Å². The van der Waals surface area contributed by atoms with Crippen LogP contribution in [-0.4, -0.2) is 13.6 Å². The highest BCUT2D eigenvalue weighted by Gasteiger charge is 2.22. The van der Waals surface area contributed by atoms with Crippen LogP contribution in [-0.2, 0) is 23.1 Å². The lowest BCUT2D eigenvalue weighted by atomic mass is 10.3. The van der Waals surface area contributed by atoms with Crippen LogP contribution in [0.3, 0.4) is 0 Å². The molecule has 0 atom stereocenters. The fourth-order valence-electron chi connectivity index (χ4n) is 1.73. The van der Waals surface area contributed by atoms with Crippen molar-refractivity contribution in [2.45, 2.75) is 31.8 Å². The third-order valence-electron chi connectivity index (χ3n) is 2.56. The van der Waals surface area contributed by atoms with Gasteiger partial charge in [-0.05, 0) is 24.8 Å². The molecule has 3 N–H and O–H groups in total. The number of nitrogens with two attached hydrogens (primary N) is 1. The van der Waals surface area contributed by atoms with E-state index in [4.69, 9.17) is 10.3 Å². The summed E-state index contributed by atoms with van der Waals surface area (Å²) >= 11 is 1.35. The minimum atomic E-state index is -3.59. The molecular weight excluding hydrogens is 286 g/mol. The lowest BCUT2D eigenvalue weighted by molar-refractivity contribution is 0.377. The van der Waals surface area contributed by atoms with Gasteiger partial charge in [0.2, 0.25) is 10.0 Å². The third-order valence-corrected chi connectivity index (χ3v) is 5.44. The van der Waals surface area contributed by atoms with E-state index in [0.29, 0.717) is 21.9 Å². The number of thiophene rings is 1. The van der Waals surface area contributed by atoms with Crippen LogP contribution in [0.15, 0.2) is 20.9 Å². The SMILES string of the molecule is Cc1cc(CNS(=O)(=O)c2c(C)csc2CN)on1. The van der Waals surface area contributed by atoms with Gasteiger partial charge in [0.1, 0.15) is 4.90 Å². The molecule has 6 nitrogen and oxygen atoms in total. The Bertz CT molecular complexity index is 673. The minimum Gasteiger partial charge on any atom is -0.360 e. The molecule has 8 heteroatoms. The standard InChI is InChI=1S/C11H15N3O3S2/c1-7-6-18-10(4-12)11(7)19(15,16)13-5-9-3-8(2)14-17-9/h3,6,13H,4-5,12H2,1-2H3. The molecule has 2 aromatic rings. The summed E-state index contributed by atoms with van der Waals surface area (Å²) in [6, 6.07) is 1.69. The van der Waals surface area contributed by atoms with Crippen LogP contribution in [0, 0.1) is 13.8 Å². The number of hydrogen-bond acceptors (Lipinski definition) is 6. The van der Waals surface area contributed by atoms with Gasteiger partial charge in [0.25, 0.3) is 0 Å². The maximum absolute atomic E-state index is 12.3. The summed E-state index contributed by atoms with van der Waals surface area (Å²) in [6.07, 6.45) is 0. The zero-order chi connectivity index (χ0) is 14.0. The monoisotopic (exact) mass is 301 g/mol. The summed E-state index contributed by atoms with van der Waals surface area (Å²) in [4.78, 5) is 0.926. The highest BCUT2D eigenvalue weighted by molar-refractivity contribution is 7.89. The topological polar surface area (TPSA) is 98.2 Å². The van der Waals surface area contributed by atoms with Crippen LogP contribution in [0.2, 0.25) is 0 Å². The largest absolute Gasteiger partial charge is 0.360 e. The number of aryl methyl sites for hydroxylation is 2. The van der Waals surface area contributed by atoms with Crippen molar-refractivity contribution in [3.05, 3.63) is 33.3 Å². The fraction of sp³-hybridized carbons (Fsp3) is 0.364. The number of aromatic nitrogens is 1. The van der Waals surface area contributed by atoms with E-state index in [9.17, 15) is 8.42 Å². The van der Waals surface area contributed by atoms with E-state index in [1.54, 1.807) is 25.3 Å². The van der Waals surface area contributed by atoms with Crippen LogP contribution >= 0.6 is 11.3 Å². The Morgan fingerprint density at radius 1 is 1.47 bits per heavy atom. The van der Waals surface area contributed by atoms with Gasteiger partial charge in [0.05, 0.1) is 12.2 Å². The zero-order valence-corrected chi connectivity index (χ0v) is 12.3. The van der Waals surface area contributed by atoms with Gasteiger partial charge in [-0.1, -0.05) is 5.16 Å². The molecule has 19 heavy (non-hydrogen) atoms. The van der Waals surface area contributed by atoms with E-state index in [2.05, 4.69) is 9.88 Å². The van der Waals surface area contributed by atoms with Gasteiger partial charge in [-0.15, -0.1) is 11.3 Å². The van der Waals surface area contributed by atoms with Crippen LogP contribution in [0.25, 0.3) is 0 Å². The van der Waals surface area contributed by atoms with Crippen LogP contribution in [0.5, 0.6) is 0 Å². The van der Waals surface area contributed by atoms with Crippen LogP contribution in [0.4, 0.5) is 0 Å². The maximum Gasteiger partial charge on any atom is 0.242 e. The van der Waals surface area contributed by atoms with E-state index in [1.807, 2.05) is 0 Å². The molecule has 0 aliphatic heterocycles. The number of hydrogen-bond donors (Lipinski definition) is 2.